The van der Waals surface area contributed by atoms with Gasteiger partial charge < -0.3 is 29.6 Å². The number of rotatable bonds is 6. The van der Waals surface area contributed by atoms with Crippen LogP contribution in [0.25, 0.3) is 0 Å². The number of benzene rings is 2. The number of urea groups is 1. The maximum atomic E-state index is 13.2. The van der Waals surface area contributed by atoms with Crippen molar-refractivity contribution in [1.82, 2.24) is 10.2 Å². The predicted molar refractivity (Wildman–Crippen MR) is 118 cm³/mol. The number of hydrogen-bond donors (Lipinski definition) is 2. The Morgan fingerprint density at radius 2 is 1.82 bits per heavy atom. The van der Waals surface area contributed by atoms with E-state index >= 15 is 0 Å². The second-order valence-electron chi connectivity index (χ2n) is 7.54. The monoisotopic (exact) mass is 475 g/mol. The van der Waals surface area contributed by atoms with Gasteiger partial charge in [0, 0.05) is 12.1 Å². The normalized spacial score (nSPS) is 19.2. The van der Waals surface area contributed by atoms with Gasteiger partial charge in [-0.25, -0.2) is 4.79 Å². The molecule has 2 N–H and O–H groups in total. The fraction of sp³-hybridized carbons (Fsp3) is 0.318. The summed E-state index contributed by atoms with van der Waals surface area (Å²) in [6, 6.07) is 7.31. The first-order chi connectivity index (χ1) is 15.8. The summed E-state index contributed by atoms with van der Waals surface area (Å²) in [5, 5.41) is 5.60. The largest absolute Gasteiger partial charge is 0.495 e. The minimum Gasteiger partial charge on any atom is -0.495 e. The van der Waals surface area contributed by atoms with Crippen molar-refractivity contribution in [2.75, 3.05) is 39.3 Å². The molecule has 0 bridgehead atoms. The SMILES string of the molecule is COc1cc(NC(=O)CN2C(=O)N[C@](C)(c3ccc4c(c3)OCCO4)C2=O)c(OC)cc1Cl. The Morgan fingerprint density at radius 1 is 1.12 bits per heavy atom. The summed E-state index contributed by atoms with van der Waals surface area (Å²) in [5.41, 5.74) is -0.573. The lowest BCUT2D eigenvalue weighted by Crippen LogP contribution is -2.42. The van der Waals surface area contributed by atoms with E-state index < -0.39 is 29.9 Å². The predicted octanol–water partition coefficient (Wildman–Crippen LogP) is 2.53. The maximum Gasteiger partial charge on any atom is 0.325 e. The number of halogens is 1. The molecule has 2 aliphatic heterocycles. The Hall–Kier alpha value is -3.66. The molecule has 1 saturated heterocycles. The van der Waals surface area contributed by atoms with Crippen molar-refractivity contribution in [3.8, 4) is 23.0 Å². The van der Waals surface area contributed by atoms with Crippen molar-refractivity contribution in [2.24, 2.45) is 0 Å². The molecule has 0 aromatic heterocycles. The van der Waals surface area contributed by atoms with Gasteiger partial charge in [-0.3, -0.25) is 14.5 Å². The average molecular weight is 476 g/mol. The molecule has 0 radical (unpaired) electrons. The first-order valence-electron chi connectivity index (χ1n) is 10.0. The quantitative estimate of drug-likeness (QED) is 0.617. The van der Waals surface area contributed by atoms with E-state index in [0.29, 0.717) is 46.8 Å². The topological polar surface area (TPSA) is 115 Å². The zero-order valence-corrected chi connectivity index (χ0v) is 18.9. The van der Waals surface area contributed by atoms with Crippen LogP contribution in [0.1, 0.15) is 12.5 Å². The highest BCUT2D eigenvalue weighted by atomic mass is 35.5. The number of carbonyl (C=O) groups excluding carboxylic acids is 3. The number of imide groups is 1. The van der Waals surface area contributed by atoms with Crippen molar-refractivity contribution in [3.63, 3.8) is 0 Å². The highest BCUT2D eigenvalue weighted by Gasteiger charge is 2.49. The van der Waals surface area contributed by atoms with E-state index in [1.165, 1.54) is 26.4 Å². The van der Waals surface area contributed by atoms with Gasteiger partial charge in [-0.2, -0.15) is 0 Å². The molecule has 4 rings (SSSR count). The Morgan fingerprint density at radius 3 is 2.52 bits per heavy atom. The lowest BCUT2D eigenvalue weighted by atomic mass is 9.91. The van der Waals surface area contributed by atoms with Gasteiger partial charge in [-0.05, 0) is 24.6 Å². The van der Waals surface area contributed by atoms with Crippen LogP contribution in [0.2, 0.25) is 5.02 Å². The fourth-order valence-electron chi connectivity index (χ4n) is 3.68. The van der Waals surface area contributed by atoms with Crippen molar-refractivity contribution >= 4 is 35.1 Å². The van der Waals surface area contributed by atoms with Crippen LogP contribution < -0.4 is 29.6 Å². The molecule has 0 saturated carbocycles. The summed E-state index contributed by atoms with van der Waals surface area (Å²) in [4.78, 5) is 39.4. The van der Waals surface area contributed by atoms with Crippen LogP contribution in [0.5, 0.6) is 23.0 Å². The standard InChI is InChI=1S/C22H22ClN3O7/c1-22(12-4-5-15-18(8-12)33-7-6-32-15)20(28)26(21(29)25-22)11-19(27)24-14-10-16(30-2)13(23)9-17(14)31-3/h4-5,8-10H,6-7,11H2,1-3H3,(H,24,27)(H,25,29)/t22-/m1/s1. The second-order valence-corrected chi connectivity index (χ2v) is 7.95. The van der Waals surface area contributed by atoms with Gasteiger partial charge in [-0.15, -0.1) is 0 Å². The second kappa shape index (κ2) is 8.70. The van der Waals surface area contributed by atoms with E-state index in [0.717, 1.165) is 4.90 Å². The molecule has 0 spiro atoms. The van der Waals surface area contributed by atoms with E-state index in [1.807, 2.05) is 0 Å². The van der Waals surface area contributed by atoms with E-state index in [-0.39, 0.29) is 5.69 Å². The Bertz CT molecular complexity index is 1140. The highest BCUT2D eigenvalue weighted by Crippen LogP contribution is 2.38. The number of nitrogens with zero attached hydrogens (tertiary/aromatic N) is 1. The first-order valence-corrected chi connectivity index (χ1v) is 10.4. The minimum absolute atomic E-state index is 0.283. The number of methoxy groups -OCH3 is 2. The number of amides is 4. The number of hydrogen-bond acceptors (Lipinski definition) is 7. The summed E-state index contributed by atoms with van der Waals surface area (Å²) in [6.07, 6.45) is 0. The number of nitrogens with one attached hydrogen (secondary N) is 2. The summed E-state index contributed by atoms with van der Waals surface area (Å²) in [6.45, 7) is 1.90. The Balaban J connectivity index is 1.52. The van der Waals surface area contributed by atoms with Gasteiger partial charge in [0.25, 0.3) is 5.91 Å². The first kappa shape index (κ1) is 22.5. The molecular weight excluding hydrogens is 454 g/mol. The molecule has 1 atom stereocenters. The number of ether oxygens (including phenoxy) is 4. The van der Waals surface area contributed by atoms with E-state index in [9.17, 15) is 14.4 Å². The van der Waals surface area contributed by atoms with Crippen molar-refractivity contribution in [1.29, 1.82) is 0 Å². The molecule has 0 aliphatic carbocycles. The molecule has 11 heteroatoms. The average Bonchev–Trinajstić information content (AvgIpc) is 3.03. The van der Waals surface area contributed by atoms with Crippen LogP contribution >= 0.6 is 11.6 Å². The number of fused-ring (bicyclic) bond motifs is 1. The van der Waals surface area contributed by atoms with Crippen molar-refractivity contribution in [2.45, 2.75) is 12.5 Å². The summed E-state index contributed by atoms with van der Waals surface area (Å²) >= 11 is 6.09. The molecule has 4 amide bonds. The van der Waals surface area contributed by atoms with Crippen LogP contribution in [0.15, 0.2) is 30.3 Å². The molecule has 174 valence electrons. The minimum atomic E-state index is -1.37. The Kier molecular flexibility index (Phi) is 5.94. The molecule has 0 unspecified atom stereocenters. The molecule has 33 heavy (non-hydrogen) atoms. The Labute approximate surface area is 194 Å². The van der Waals surface area contributed by atoms with Gasteiger partial charge in [0.1, 0.15) is 36.8 Å². The summed E-state index contributed by atoms with van der Waals surface area (Å²) in [7, 11) is 2.86. The van der Waals surface area contributed by atoms with Gasteiger partial charge in [0.15, 0.2) is 11.5 Å². The van der Waals surface area contributed by atoms with E-state index in [2.05, 4.69) is 10.6 Å². The fourth-order valence-corrected chi connectivity index (χ4v) is 3.91. The molecular formula is C22H22ClN3O7. The van der Waals surface area contributed by atoms with Gasteiger partial charge >= 0.3 is 6.03 Å². The molecule has 2 aromatic carbocycles. The molecule has 1 fully saturated rings. The van der Waals surface area contributed by atoms with E-state index in [4.69, 9.17) is 30.5 Å². The third-order valence-corrected chi connectivity index (χ3v) is 5.74. The third kappa shape index (κ3) is 4.09. The third-order valence-electron chi connectivity index (χ3n) is 5.44. The van der Waals surface area contributed by atoms with Gasteiger partial charge in [0.2, 0.25) is 5.91 Å². The lowest BCUT2D eigenvalue weighted by molar-refractivity contribution is -0.133. The van der Waals surface area contributed by atoms with Crippen LogP contribution in [-0.4, -0.2) is 56.7 Å². The number of anilines is 1. The molecule has 2 aromatic rings. The molecule has 2 aliphatic rings. The number of carbonyl (C=O) groups is 3. The van der Waals surface area contributed by atoms with Crippen molar-refractivity contribution in [3.05, 3.63) is 40.9 Å². The highest BCUT2D eigenvalue weighted by molar-refractivity contribution is 6.32. The van der Waals surface area contributed by atoms with Crippen molar-refractivity contribution < 1.29 is 33.3 Å². The summed E-state index contributed by atoms with van der Waals surface area (Å²) < 4.78 is 21.5. The van der Waals surface area contributed by atoms with Gasteiger partial charge in [0.05, 0.1) is 24.9 Å². The van der Waals surface area contributed by atoms with E-state index in [1.54, 1.807) is 25.1 Å². The zero-order chi connectivity index (χ0) is 23.8. The van der Waals surface area contributed by atoms with Crippen LogP contribution in [0, 0.1) is 0 Å². The molecule has 10 nitrogen and oxygen atoms in total. The van der Waals surface area contributed by atoms with Crippen LogP contribution in [0.4, 0.5) is 10.5 Å². The van der Waals surface area contributed by atoms with Gasteiger partial charge in [-0.1, -0.05) is 17.7 Å². The maximum absolute atomic E-state index is 13.2. The molecule has 2 heterocycles. The lowest BCUT2D eigenvalue weighted by Gasteiger charge is -2.25. The zero-order valence-electron chi connectivity index (χ0n) is 18.2. The smallest absolute Gasteiger partial charge is 0.325 e. The summed E-state index contributed by atoms with van der Waals surface area (Å²) in [5.74, 6) is 0.505. The van der Waals surface area contributed by atoms with Crippen LogP contribution in [-0.2, 0) is 15.1 Å². The van der Waals surface area contributed by atoms with Crippen LogP contribution in [0.3, 0.4) is 0 Å².